The Bertz CT molecular complexity index is 607. The van der Waals surface area contributed by atoms with Gasteiger partial charge in [-0.1, -0.05) is 30.3 Å². The molecular formula is C17H19FN2. The van der Waals surface area contributed by atoms with Crippen molar-refractivity contribution in [1.29, 1.82) is 0 Å². The quantitative estimate of drug-likeness (QED) is 0.869. The van der Waals surface area contributed by atoms with Gasteiger partial charge in [-0.25, -0.2) is 15.2 Å². The van der Waals surface area contributed by atoms with Crippen LogP contribution >= 0.6 is 0 Å². The summed E-state index contributed by atoms with van der Waals surface area (Å²) in [6.45, 7) is 4.26. The van der Waals surface area contributed by atoms with Crippen LogP contribution in [0.25, 0.3) is 0 Å². The van der Waals surface area contributed by atoms with Gasteiger partial charge >= 0.3 is 0 Å². The Morgan fingerprint density at radius 2 is 1.45 bits per heavy atom. The van der Waals surface area contributed by atoms with Gasteiger partial charge < -0.3 is 0 Å². The van der Waals surface area contributed by atoms with Crippen LogP contribution in [0.4, 0.5) is 4.39 Å². The number of benzene rings is 2. The average Bonchev–Trinajstić information content (AvgIpc) is 2.92. The van der Waals surface area contributed by atoms with Gasteiger partial charge in [0.25, 0.3) is 0 Å². The van der Waals surface area contributed by atoms with Crippen LogP contribution in [0.15, 0.2) is 42.5 Å². The summed E-state index contributed by atoms with van der Waals surface area (Å²) in [5.41, 5.74) is 11.7. The van der Waals surface area contributed by atoms with Crippen molar-refractivity contribution in [2.45, 2.75) is 32.4 Å². The summed E-state index contributed by atoms with van der Waals surface area (Å²) < 4.78 is 13.0. The van der Waals surface area contributed by atoms with Crippen molar-refractivity contribution < 1.29 is 4.39 Å². The zero-order valence-electron chi connectivity index (χ0n) is 11.8. The van der Waals surface area contributed by atoms with E-state index in [1.165, 1.54) is 28.8 Å². The van der Waals surface area contributed by atoms with E-state index in [0.29, 0.717) is 6.04 Å². The van der Waals surface area contributed by atoms with Gasteiger partial charge in [-0.15, -0.1) is 0 Å². The SMILES string of the molecule is Cc1ccc(C2CC(c3ccc(F)cc3)NN2)cc1C. The van der Waals surface area contributed by atoms with Crippen molar-refractivity contribution in [2.75, 3.05) is 0 Å². The van der Waals surface area contributed by atoms with Crippen LogP contribution in [0.3, 0.4) is 0 Å². The van der Waals surface area contributed by atoms with Crippen molar-refractivity contribution in [3.63, 3.8) is 0 Å². The third kappa shape index (κ3) is 2.60. The number of hydrogen-bond acceptors (Lipinski definition) is 2. The van der Waals surface area contributed by atoms with E-state index in [9.17, 15) is 4.39 Å². The molecule has 1 aliphatic heterocycles. The van der Waals surface area contributed by atoms with Crippen LogP contribution in [-0.2, 0) is 0 Å². The lowest BCUT2D eigenvalue weighted by Crippen LogP contribution is -2.26. The average molecular weight is 270 g/mol. The zero-order chi connectivity index (χ0) is 14.1. The number of rotatable bonds is 2. The highest BCUT2D eigenvalue weighted by Crippen LogP contribution is 2.31. The fourth-order valence-corrected chi connectivity index (χ4v) is 2.67. The molecule has 2 N–H and O–H groups in total. The topological polar surface area (TPSA) is 24.1 Å². The predicted molar refractivity (Wildman–Crippen MR) is 78.7 cm³/mol. The van der Waals surface area contributed by atoms with Gasteiger partial charge in [0.2, 0.25) is 0 Å². The van der Waals surface area contributed by atoms with Crippen LogP contribution in [-0.4, -0.2) is 0 Å². The van der Waals surface area contributed by atoms with Crippen LogP contribution in [0.5, 0.6) is 0 Å². The first-order chi connectivity index (χ1) is 9.63. The Morgan fingerprint density at radius 1 is 0.850 bits per heavy atom. The molecule has 0 aromatic heterocycles. The normalized spacial score (nSPS) is 22.1. The lowest BCUT2D eigenvalue weighted by atomic mass is 9.95. The molecule has 0 radical (unpaired) electrons. The summed E-state index contributed by atoms with van der Waals surface area (Å²) in [6, 6.07) is 13.8. The molecule has 0 aliphatic carbocycles. The Morgan fingerprint density at radius 3 is 2.10 bits per heavy atom. The number of nitrogens with one attached hydrogen (secondary N) is 2. The van der Waals surface area contributed by atoms with Gasteiger partial charge in [-0.3, -0.25) is 0 Å². The van der Waals surface area contributed by atoms with Gasteiger partial charge in [0.15, 0.2) is 0 Å². The lowest BCUT2D eigenvalue weighted by molar-refractivity contribution is 0.553. The summed E-state index contributed by atoms with van der Waals surface area (Å²) >= 11 is 0. The van der Waals surface area contributed by atoms with E-state index in [4.69, 9.17) is 0 Å². The second-order valence-electron chi connectivity index (χ2n) is 5.52. The molecule has 0 bridgehead atoms. The predicted octanol–water partition coefficient (Wildman–Crippen LogP) is 3.72. The fourth-order valence-electron chi connectivity index (χ4n) is 2.67. The Balaban J connectivity index is 1.76. The van der Waals surface area contributed by atoms with Gasteiger partial charge in [0.05, 0.1) is 0 Å². The van der Waals surface area contributed by atoms with Crippen molar-refractivity contribution in [1.82, 2.24) is 10.9 Å². The van der Waals surface area contributed by atoms with Crippen molar-refractivity contribution in [3.05, 3.63) is 70.5 Å². The molecule has 1 aliphatic rings. The monoisotopic (exact) mass is 270 g/mol. The summed E-state index contributed by atoms with van der Waals surface area (Å²) in [4.78, 5) is 0. The number of aryl methyl sites for hydroxylation is 2. The van der Waals surface area contributed by atoms with Crippen LogP contribution in [0.1, 0.15) is 40.8 Å². The standard InChI is InChI=1S/C17H19FN2/c1-11-3-4-14(9-12(11)2)17-10-16(19-20-17)13-5-7-15(18)8-6-13/h3-9,16-17,19-20H,10H2,1-2H3. The number of hydrogen-bond donors (Lipinski definition) is 2. The minimum Gasteiger partial charge on any atom is -0.250 e. The van der Waals surface area contributed by atoms with E-state index in [-0.39, 0.29) is 11.9 Å². The van der Waals surface area contributed by atoms with Crippen molar-refractivity contribution in [3.8, 4) is 0 Å². The fraction of sp³-hybridized carbons (Fsp3) is 0.294. The zero-order valence-corrected chi connectivity index (χ0v) is 11.8. The molecule has 2 atom stereocenters. The Hall–Kier alpha value is -1.71. The van der Waals surface area contributed by atoms with Crippen LogP contribution in [0, 0.1) is 19.7 Å². The highest BCUT2D eigenvalue weighted by atomic mass is 19.1. The summed E-state index contributed by atoms with van der Waals surface area (Å²) in [5, 5.41) is 0. The van der Waals surface area contributed by atoms with E-state index in [0.717, 1.165) is 12.0 Å². The first kappa shape index (κ1) is 13.3. The summed E-state index contributed by atoms with van der Waals surface area (Å²) in [7, 11) is 0. The number of halogens is 1. The third-order valence-corrected chi connectivity index (χ3v) is 4.11. The van der Waals surface area contributed by atoms with Crippen molar-refractivity contribution in [2.24, 2.45) is 0 Å². The molecule has 1 saturated heterocycles. The van der Waals surface area contributed by atoms with Gasteiger partial charge in [0.1, 0.15) is 5.82 Å². The molecular weight excluding hydrogens is 251 g/mol. The first-order valence-electron chi connectivity index (χ1n) is 6.97. The van der Waals surface area contributed by atoms with E-state index in [2.05, 4.69) is 42.9 Å². The summed E-state index contributed by atoms with van der Waals surface area (Å²) in [6.07, 6.45) is 0.966. The molecule has 2 nitrogen and oxygen atoms in total. The highest BCUT2D eigenvalue weighted by Gasteiger charge is 2.26. The molecule has 0 saturated carbocycles. The minimum atomic E-state index is -0.189. The van der Waals surface area contributed by atoms with E-state index < -0.39 is 0 Å². The largest absolute Gasteiger partial charge is 0.250 e. The molecule has 0 amide bonds. The maximum atomic E-state index is 13.0. The molecule has 2 unspecified atom stereocenters. The molecule has 104 valence electrons. The van der Waals surface area contributed by atoms with Crippen molar-refractivity contribution >= 4 is 0 Å². The molecule has 1 heterocycles. The number of hydrazine groups is 1. The molecule has 3 heteroatoms. The smallest absolute Gasteiger partial charge is 0.123 e. The van der Waals surface area contributed by atoms with Crippen LogP contribution in [0.2, 0.25) is 0 Å². The molecule has 3 rings (SSSR count). The Kier molecular flexibility index (Phi) is 3.55. The van der Waals surface area contributed by atoms with E-state index in [1.54, 1.807) is 0 Å². The van der Waals surface area contributed by atoms with Gasteiger partial charge in [0, 0.05) is 12.1 Å². The van der Waals surface area contributed by atoms with Gasteiger partial charge in [-0.05, 0) is 54.7 Å². The Labute approximate surface area is 119 Å². The maximum absolute atomic E-state index is 13.0. The first-order valence-corrected chi connectivity index (χ1v) is 6.97. The van der Waals surface area contributed by atoms with Gasteiger partial charge in [-0.2, -0.15) is 0 Å². The molecule has 0 spiro atoms. The van der Waals surface area contributed by atoms with E-state index in [1.807, 2.05) is 12.1 Å². The summed E-state index contributed by atoms with van der Waals surface area (Å²) in [5.74, 6) is -0.189. The molecule has 2 aromatic rings. The highest BCUT2D eigenvalue weighted by molar-refractivity contribution is 5.33. The minimum absolute atomic E-state index is 0.189. The molecule has 2 aromatic carbocycles. The van der Waals surface area contributed by atoms with Crippen LogP contribution < -0.4 is 10.9 Å². The van der Waals surface area contributed by atoms with E-state index >= 15 is 0 Å². The third-order valence-electron chi connectivity index (χ3n) is 4.11. The second kappa shape index (κ2) is 5.35. The maximum Gasteiger partial charge on any atom is 0.123 e. The molecule has 20 heavy (non-hydrogen) atoms. The lowest BCUT2D eigenvalue weighted by Gasteiger charge is -2.12. The second-order valence-corrected chi connectivity index (χ2v) is 5.52. The molecule has 1 fully saturated rings.